The van der Waals surface area contributed by atoms with E-state index >= 15 is 0 Å². The van der Waals surface area contributed by atoms with Crippen molar-refractivity contribution in [3.05, 3.63) is 36.0 Å². The van der Waals surface area contributed by atoms with E-state index in [4.69, 9.17) is 4.74 Å². The Balaban J connectivity index is 2.07. The van der Waals surface area contributed by atoms with E-state index in [9.17, 15) is 15.0 Å². The first-order valence-electron chi connectivity index (χ1n) is 6.53. The Kier molecular flexibility index (Phi) is 2.69. The Bertz CT molecular complexity index is 504. The molecule has 1 saturated heterocycles. The van der Waals surface area contributed by atoms with Gasteiger partial charge in [-0.1, -0.05) is 30.4 Å². The summed E-state index contributed by atoms with van der Waals surface area (Å²) in [7, 11) is 0. The standard InChI is InChI=1S/C15H18O4/c1-6-4-10(17)13-8(3)15(18)19-14(13)12-7(2)5-9(16)11(6)12/h5,9-14,16-17H,1,3-4H2,2H3. The molecular weight excluding hydrogens is 244 g/mol. The smallest absolute Gasteiger partial charge is 0.334 e. The highest BCUT2D eigenvalue weighted by Gasteiger charge is 2.54. The fraction of sp³-hybridized carbons (Fsp3) is 0.533. The molecule has 3 rings (SSSR count). The number of ether oxygens (including phenoxy) is 1. The average molecular weight is 262 g/mol. The molecule has 0 amide bonds. The van der Waals surface area contributed by atoms with Gasteiger partial charge in [-0.25, -0.2) is 4.79 Å². The van der Waals surface area contributed by atoms with Gasteiger partial charge in [0, 0.05) is 17.4 Å². The SMILES string of the molecule is C=C1C(=O)OC2C1C(O)CC(=C)C1C(O)C=C(C)C21. The van der Waals surface area contributed by atoms with E-state index in [-0.39, 0.29) is 11.8 Å². The summed E-state index contributed by atoms with van der Waals surface area (Å²) in [6.07, 6.45) is 0.395. The topological polar surface area (TPSA) is 66.8 Å². The fourth-order valence-corrected chi connectivity index (χ4v) is 3.83. The van der Waals surface area contributed by atoms with Crippen molar-refractivity contribution in [3.63, 3.8) is 0 Å². The van der Waals surface area contributed by atoms with Crippen LogP contribution in [-0.4, -0.2) is 34.5 Å². The van der Waals surface area contributed by atoms with E-state index in [1.54, 1.807) is 6.08 Å². The molecule has 1 saturated carbocycles. The Labute approximate surface area is 112 Å². The molecule has 19 heavy (non-hydrogen) atoms. The van der Waals surface area contributed by atoms with Crippen molar-refractivity contribution in [1.82, 2.24) is 0 Å². The van der Waals surface area contributed by atoms with Crippen molar-refractivity contribution in [2.45, 2.75) is 31.7 Å². The highest BCUT2D eigenvalue weighted by Crippen LogP contribution is 2.50. The number of aliphatic hydroxyl groups excluding tert-OH is 2. The van der Waals surface area contributed by atoms with Crippen LogP contribution in [0.3, 0.4) is 0 Å². The van der Waals surface area contributed by atoms with Gasteiger partial charge < -0.3 is 14.9 Å². The highest BCUT2D eigenvalue weighted by molar-refractivity contribution is 5.91. The van der Waals surface area contributed by atoms with Crippen molar-refractivity contribution in [2.24, 2.45) is 17.8 Å². The van der Waals surface area contributed by atoms with Crippen LogP contribution in [-0.2, 0) is 9.53 Å². The monoisotopic (exact) mass is 262 g/mol. The van der Waals surface area contributed by atoms with Crippen LogP contribution in [0.1, 0.15) is 13.3 Å². The molecule has 0 bridgehead atoms. The largest absolute Gasteiger partial charge is 0.458 e. The van der Waals surface area contributed by atoms with Crippen LogP contribution in [0.5, 0.6) is 0 Å². The zero-order chi connectivity index (χ0) is 13.9. The van der Waals surface area contributed by atoms with E-state index in [2.05, 4.69) is 13.2 Å². The van der Waals surface area contributed by atoms with Crippen molar-refractivity contribution in [3.8, 4) is 0 Å². The molecule has 0 spiro atoms. The summed E-state index contributed by atoms with van der Waals surface area (Å²) in [5.41, 5.74) is 2.14. The number of fused-ring (bicyclic) bond motifs is 3. The minimum absolute atomic E-state index is 0.104. The third-order valence-electron chi connectivity index (χ3n) is 4.69. The molecule has 0 aromatic heterocycles. The zero-order valence-corrected chi connectivity index (χ0v) is 10.9. The minimum atomic E-state index is -0.720. The van der Waals surface area contributed by atoms with E-state index in [1.807, 2.05) is 6.92 Å². The van der Waals surface area contributed by atoms with Crippen molar-refractivity contribution in [1.29, 1.82) is 0 Å². The Hall–Kier alpha value is -1.39. The Morgan fingerprint density at radius 1 is 1.26 bits per heavy atom. The van der Waals surface area contributed by atoms with Gasteiger partial charge in [0.1, 0.15) is 6.10 Å². The summed E-state index contributed by atoms with van der Waals surface area (Å²) < 4.78 is 5.42. The van der Waals surface area contributed by atoms with Crippen LogP contribution in [0.2, 0.25) is 0 Å². The molecule has 0 aromatic carbocycles. The van der Waals surface area contributed by atoms with Crippen molar-refractivity contribution < 1.29 is 19.7 Å². The summed E-state index contributed by atoms with van der Waals surface area (Å²) in [5, 5.41) is 20.4. The second-order valence-corrected chi connectivity index (χ2v) is 5.80. The summed E-state index contributed by atoms with van der Waals surface area (Å²) in [5.74, 6) is -1.11. The lowest BCUT2D eigenvalue weighted by Crippen LogP contribution is -2.35. The molecule has 1 heterocycles. The molecule has 1 aliphatic heterocycles. The molecule has 6 unspecified atom stereocenters. The van der Waals surface area contributed by atoms with Crippen molar-refractivity contribution >= 4 is 5.97 Å². The summed E-state index contributed by atoms with van der Waals surface area (Å²) >= 11 is 0. The molecule has 4 heteroatoms. The Morgan fingerprint density at radius 2 is 1.95 bits per heavy atom. The number of hydrogen-bond donors (Lipinski definition) is 2. The van der Waals surface area contributed by atoms with E-state index < -0.39 is 30.2 Å². The third kappa shape index (κ3) is 1.63. The first kappa shape index (κ1) is 12.6. The lowest BCUT2D eigenvalue weighted by Gasteiger charge is -2.28. The first-order valence-corrected chi connectivity index (χ1v) is 6.53. The summed E-state index contributed by atoms with van der Waals surface area (Å²) in [6, 6.07) is 0. The minimum Gasteiger partial charge on any atom is -0.458 e. The van der Waals surface area contributed by atoms with E-state index in [0.29, 0.717) is 12.0 Å². The fourth-order valence-electron chi connectivity index (χ4n) is 3.83. The van der Waals surface area contributed by atoms with E-state index in [0.717, 1.165) is 11.1 Å². The molecule has 2 fully saturated rings. The van der Waals surface area contributed by atoms with Gasteiger partial charge in [0.2, 0.25) is 0 Å². The van der Waals surface area contributed by atoms with Crippen LogP contribution in [0.25, 0.3) is 0 Å². The van der Waals surface area contributed by atoms with Gasteiger partial charge in [-0.2, -0.15) is 0 Å². The predicted molar refractivity (Wildman–Crippen MR) is 69.0 cm³/mol. The van der Waals surface area contributed by atoms with Crippen LogP contribution in [0, 0.1) is 17.8 Å². The van der Waals surface area contributed by atoms with Crippen molar-refractivity contribution in [2.75, 3.05) is 0 Å². The molecule has 0 radical (unpaired) electrons. The molecule has 4 nitrogen and oxygen atoms in total. The van der Waals surface area contributed by atoms with Gasteiger partial charge >= 0.3 is 5.97 Å². The Morgan fingerprint density at radius 3 is 2.63 bits per heavy atom. The van der Waals surface area contributed by atoms with Crippen LogP contribution >= 0.6 is 0 Å². The van der Waals surface area contributed by atoms with Gasteiger partial charge in [-0.3, -0.25) is 0 Å². The number of aliphatic hydroxyl groups is 2. The van der Waals surface area contributed by atoms with E-state index in [1.165, 1.54) is 0 Å². The summed E-state index contributed by atoms with van der Waals surface area (Å²) in [6.45, 7) is 9.67. The average Bonchev–Trinajstić information content (AvgIpc) is 2.72. The second kappa shape index (κ2) is 4.05. The molecular formula is C15H18O4. The highest BCUT2D eigenvalue weighted by atomic mass is 16.6. The second-order valence-electron chi connectivity index (χ2n) is 5.80. The normalized spacial score (nSPS) is 45.4. The first-order chi connectivity index (χ1) is 8.91. The lowest BCUT2D eigenvalue weighted by molar-refractivity contribution is -0.141. The summed E-state index contributed by atoms with van der Waals surface area (Å²) in [4.78, 5) is 11.7. The van der Waals surface area contributed by atoms with Crippen LogP contribution < -0.4 is 0 Å². The van der Waals surface area contributed by atoms with Gasteiger partial charge in [-0.05, 0) is 13.3 Å². The van der Waals surface area contributed by atoms with Crippen LogP contribution in [0.15, 0.2) is 36.0 Å². The predicted octanol–water partition coefficient (Wildman–Crippen LogP) is 0.958. The van der Waals surface area contributed by atoms with Crippen LogP contribution in [0.4, 0.5) is 0 Å². The molecule has 6 atom stereocenters. The maximum Gasteiger partial charge on any atom is 0.334 e. The molecule has 2 N–H and O–H groups in total. The number of hydrogen-bond acceptors (Lipinski definition) is 4. The number of carbonyl (C=O) groups is 1. The maximum atomic E-state index is 11.7. The van der Waals surface area contributed by atoms with Gasteiger partial charge in [0.15, 0.2) is 0 Å². The number of carbonyl (C=O) groups excluding carboxylic acids is 1. The van der Waals surface area contributed by atoms with Gasteiger partial charge in [-0.15, -0.1) is 0 Å². The molecule has 3 aliphatic rings. The molecule has 0 aromatic rings. The third-order valence-corrected chi connectivity index (χ3v) is 4.69. The molecule has 2 aliphatic carbocycles. The quantitative estimate of drug-likeness (QED) is 0.387. The number of esters is 1. The zero-order valence-electron chi connectivity index (χ0n) is 10.9. The molecule has 102 valence electrons. The number of rotatable bonds is 0. The lowest BCUT2D eigenvalue weighted by atomic mass is 9.79. The van der Waals surface area contributed by atoms with Gasteiger partial charge in [0.05, 0.1) is 18.1 Å². The van der Waals surface area contributed by atoms with Gasteiger partial charge in [0.25, 0.3) is 0 Å². The maximum absolute atomic E-state index is 11.7.